The van der Waals surface area contributed by atoms with Crippen molar-refractivity contribution >= 4 is 5.91 Å². The first kappa shape index (κ1) is 18.0. The molecule has 1 aromatic carbocycles. The molecule has 0 aliphatic heterocycles. The van der Waals surface area contributed by atoms with Gasteiger partial charge in [0, 0.05) is 13.2 Å². The average molecular weight is 317 g/mol. The molecule has 2 rings (SSSR count). The minimum atomic E-state index is -0.385. The summed E-state index contributed by atoms with van der Waals surface area (Å²) in [6.07, 6.45) is 5.89. The first-order valence-corrected chi connectivity index (χ1v) is 8.90. The third-order valence-corrected chi connectivity index (χ3v) is 5.07. The normalized spacial score (nSPS) is 17.7. The van der Waals surface area contributed by atoms with E-state index in [0.29, 0.717) is 13.0 Å². The summed E-state index contributed by atoms with van der Waals surface area (Å²) >= 11 is 0. The van der Waals surface area contributed by atoms with E-state index in [0.717, 1.165) is 31.2 Å². The number of hydrogen-bond donors (Lipinski definition) is 2. The maximum Gasteiger partial charge on any atom is 0.230 e. The molecule has 1 aromatic rings. The predicted molar refractivity (Wildman–Crippen MR) is 94.6 cm³/mol. The van der Waals surface area contributed by atoms with Crippen LogP contribution in [0.2, 0.25) is 0 Å². The Bertz CT molecular complexity index is 507. The third kappa shape index (κ3) is 4.14. The zero-order valence-corrected chi connectivity index (χ0v) is 14.8. The van der Waals surface area contributed by atoms with Gasteiger partial charge in [-0.05, 0) is 35.8 Å². The van der Waals surface area contributed by atoms with Crippen molar-refractivity contribution in [3.05, 3.63) is 35.4 Å². The van der Waals surface area contributed by atoms with Crippen LogP contribution in [0.25, 0.3) is 0 Å². The van der Waals surface area contributed by atoms with E-state index in [1.165, 1.54) is 12.0 Å². The van der Waals surface area contributed by atoms with Gasteiger partial charge in [0.25, 0.3) is 0 Å². The second-order valence-corrected chi connectivity index (χ2v) is 7.80. The van der Waals surface area contributed by atoms with Crippen LogP contribution in [-0.2, 0) is 15.6 Å². The van der Waals surface area contributed by atoms with Crippen LogP contribution in [0.4, 0.5) is 0 Å². The van der Waals surface area contributed by atoms with Gasteiger partial charge in [0.15, 0.2) is 0 Å². The number of nitrogens with one attached hydrogen (secondary N) is 1. The van der Waals surface area contributed by atoms with Crippen molar-refractivity contribution < 1.29 is 9.90 Å². The van der Waals surface area contributed by atoms with Crippen LogP contribution < -0.4 is 5.32 Å². The summed E-state index contributed by atoms with van der Waals surface area (Å²) in [6.45, 7) is 7.30. The Morgan fingerprint density at radius 2 is 1.74 bits per heavy atom. The summed E-state index contributed by atoms with van der Waals surface area (Å²) in [5.74, 6) is 0.133. The molecule has 1 amide bonds. The van der Waals surface area contributed by atoms with Gasteiger partial charge in [0.05, 0.1) is 5.41 Å². The molecule has 0 unspecified atom stereocenters. The van der Waals surface area contributed by atoms with Crippen molar-refractivity contribution in [2.24, 2.45) is 0 Å². The quantitative estimate of drug-likeness (QED) is 0.814. The lowest BCUT2D eigenvalue weighted by atomic mass is 9.68. The van der Waals surface area contributed by atoms with Gasteiger partial charge in [-0.25, -0.2) is 0 Å². The number of rotatable bonds is 5. The summed E-state index contributed by atoms with van der Waals surface area (Å²) in [5, 5.41) is 12.0. The van der Waals surface area contributed by atoms with E-state index >= 15 is 0 Å². The number of carbonyl (C=O) groups is 1. The highest BCUT2D eigenvalue weighted by atomic mass is 16.3. The van der Waals surface area contributed by atoms with Gasteiger partial charge in [-0.2, -0.15) is 0 Å². The van der Waals surface area contributed by atoms with E-state index in [-0.39, 0.29) is 23.3 Å². The van der Waals surface area contributed by atoms with Crippen LogP contribution in [0.1, 0.15) is 70.4 Å². The van der Waals surface area contributed by atoms with E-state index in [9.17, 15) is 4.79 Å². The zero-order chi connectivity index (χ0) is 16.9. The molecule has 1 fully saturated rings. The van der Waals surface area contributed by atoms with E-state index in [1.807, 2.05) is 0 Å². The number of hydrogen-bond acceptors (Lipinski definition) is 2. The fraction of sp³-hybridized carbons (Fsp3) is 0.650. The molecule has 0 spiro atoms. The minimum absolute atomic E-state index is 0.119. The molecular formula is C20H31NO2. The van der Waals surface area contributed by atoms with E-state index in [4.69, 9.17) is 5.11 Å². The standard InChI is InChI=1S/C20H31NO2/c1-19(2,3)16-8-10-17(11-9-16)20(12-5-4-6-13-20)18(23)21-14-7-15-22/h8-11,22H,4-7,12-15H2,1-3H3,(H,21,23). The number of carbonyl (C=O) groups excluding carboxylic acids is 1. The second-order valence-electron chi connectivity index (χ2n) is 7.80. The molecule has 0 bridgehead atoms. The van der Waals surface area contributed by atoms with Crippen molar-refractivity contribution in [1.82, 2.24) is 5.32 Å². The Morgan fingerprint density at radius 1 is 1.13 bits per heavy atom. The lowest BCUT2D eigenvalue weighted by Gasteiger charge is -2.36. The lowest BCUT2D eigenvalue weighted by Crippen LogP contribution is -2.46. The summed E-state index contributed by atoms with van der Waals surface area (Å²) in [7, 11) is 0. The largest absolute Gasteiger partial charge is 0.396 e. The Hall–Kier alpha value is -1.35. The van der Waals surface area contributed by atoms with Gasteiger partial charge in [0.2, 0.25) is 5.91 Å². The minimum Gasteiger partial charge on any atom is -0.396 e. The Balaban J connectivity index is 2.25. The molecule has 3 nitrogen and oxygen atoms in total. The monoisotopic (exact) mass is 317 g/mol. The van der Waals surface area contributed by atoms with Crippen LogP contribution in [0, 0.1) is 0 Å². The zero-order valence-electron chi connectivity index (χ0n) is 14.8. The van der Waals surface area contributed by atoms with Gasteiger partial charge in [-0.3, -0.25) is 4.79 Å². The number of benzene rings is 1. The molecule has 128 valence electrons. The first-order valence-electron chi connectivity index (χ1n) is 8.90. The molecule has 0 radical (unpaired) electrons. The van der Waals surface area contributed by atoms with Gasteiger partial charge in [0.1, 0.15) is 0 Å². The van der Waals surface area contributed by atoms with Crippen molar-refractivity contribution in [3.8, 4) is 0 Å². The lowest BCUT2D eigenvalue weighted by molar-refractivity contribution is -0.128. The van der Waals surface area contributed by atoms with Gasteiger partial charge < -0.3 is 10.4 Å². The molecule has 3 heteroatoms. The molecule has 2 N–H and O–H groups in total. The van der Waals surface area contributed by atoms with Crippen LogP contribution in [0.5, 0.6) is 0 Å². The molecule has 1 aliphatic carbocycles. The topological polar surface area (TPSA) is 49.3 Å². The van der Waals surface area contributed by atoms with E-state index in [2.05, 4.69) is 50.4 Å². The molecule has 23 heavy (non-hydrogen) atoms. The average Bonchev–Trinajstić information content (AvgIpc) is 2.55. The number of amides is 1. The van der Waals surface area contributed by atoms with Gasteiger partial charge >= 0.3 is 0 Å². The van der Waals surface area contributed by atoms with Gasteiger partial charge in [-0.15, -0.1) is 0 Å². The number of aliphatic hydroxyl groups excluding tert-OH is 1. The smallest absolute Gasteiger partial charge is 0.230 e. The third-order valence-electron chi connectivity index (χ3n) is 5.07. The van der Waals surface area contributed by atoms with Crippen LogP contribution in [0.15, 0.2) is 24.3 Å². The summed E-state index contributed by atoms with van der Waals surface area (Å²) in [5.41, 5.74) is 2.19. The Morgan fingerprint density at radius 3 is 2.26 bits per heavy atom. The highest BCUT2D eigenvalue weighted by molar-refractivity contribution is 5.88. The van der Waals surface area contributed by atoms with Crippen molar-refractivity contribution in [1.29, 1.82) is 0 Å². The molecule has 0 atom stereocenters. The summed E-state index contributed by atoms with van der Waals surface area (Å²) in [4.78, 5) is 12.9. The molecule has 0 aromatic heterocycles. The summed E-state index contributed by atoms with van der Waals surface area (Å²) < 4.78 is 0. The van der Waals surface area contributed by atoms with Crippen molar-refractivity contribution in [3.63, 3.8) is 0 Å². The highest BCUT2D eigenvalue weighted by Gasteiger charge is 2.40. The molecular weight excluding hydrogens is 286 g/mol. The molecule has 0 heterocycles. The Kier molecular flexibility index (Phi) is 5.85. The first-order chi connectivity index (χ1) is 10.9. The fourth-order valence-electron chi connectivity index (χ4n) is 3.54. The van der Waals surface area contributed by atoms with E-state index < -0.39 is 0 Å². The highest BCUT2D eigenvalue weighted by Crippen LogP contribution is 2.40. The van der Waals surface area contributed by atoms with Crippen LogP contribution >= 0.6 is 0 Å². The molecule has 1 saturated carbocycles. The summed E-state index contributed by atoms with van der Waals surface area (Å²) in [6, 6.07) is 8.65. The predicted octanol–water partition coefficient (Wildman–Crippen LogP) is 3.68. The van der Waals surface area contributed by atoms with Gasteiger partial charge in [-0.1, -0.05) is 64.3 Å². The maximum absolute atomic E-state index is 12.9. The van der Waals surface area contributed by atoms with Crippen LogP contribution in [0.3, 0.4) is 0 Å². The van der Waals surface area contributed by atoms with E-state index in [1.54, 1.807) is 0 Å². The fourth-order valence-corrected chi connectivity index (χ4v) is 3.54. The van der Waals surface area contributed by atoms with Crippen LogP contribution in [-0.4, -0.2) is 24.2 Å². The maximum atomic E-state index is 12.9. The molecule has 1 aliphatic rings. The number of aliphatic hydroxyl groups is 1. The molecule has 0 saturated heterocycles. The van der Waals surface area contributed by atoms with Crippen molar-refractivity contribution in [2.45, 2.75) is 70.1 Å². The van der Waals surface area contributed by atoms with Crippen molar-refractivity contribution in [2.75, 3.05) is 13.2 Å². The Labute approximate surface area is 140 Å². The second kappa shape index (κ2) is 7.48. The SMILES string of the molecule is CC(C)(C)c1ccc(C2(C(=O)NCCCO)CCCCC2)cc1.